The Balaban J connectivity index is 1.52. The maximum atomic E-state index is 13.9. The Bertz CT molecular complexity index is 1110. The van der Waals surface area contributed by atoms with Gasteiger partial charge in [0.25, 0.3) is 11.8 Å². The van der Waals surface area contributed by atoms with E-state index in [1.807, 2.05) is 0 Å². The summed E-state index contributed by atoms with van der Waals surface area (Å²) in [6.07, 6.45) is 3.02. The number of carbonyl (C=O) groups excluding carboxylic acids is 2. The van der Waals surface area contributed by atoms with Crippen molar-refractivity contribution in [3.8, 4) is 0 Å². The fourth-order valence-corrected chi connectivity index (χ4v) is 6.28. The van der Waals surface area contributed by atoms with E-state index in [1.54, 1.807) is 4.90 Å². The molecule has 0 unspecified atom stereocenters. The van der Waals surface area contributed by atoms with Crippen LogP contribution in [-0.4, -0.2) is 116 Å². The van der Waals surface area contributed by atoms with Crippen molar-refractivity contribution in [2.45, 2.75) is 30.8 Å². The van der Waals surface area contributed by atoms with Gasteiger partial charge in [-0.25, -0.2) is 13.2 Å². The first-order chi connectivity index (χ1) is 17.5. The molecule has 5 N–H and O–H groups in total. The molecule has 3 aliphatic rings. The fourth-order valence-electron chi connectivity index (χ4n) is 5.46. The molecule has 13 heteroatoms. The number of amides is 2. The third-order valence-corrected chi connectivity index (χ3v) is 9.12. The van der Waals surface area contributed by atoms with Crippen LogP contribution in [0.25, 0.3) is 0 Å². The van der Waals surface area contributed by atoms with Crippen molar-refractivity contribution in [3.63, 3.8) is 0 Å². The second-order valence-corrected chi connectivity index (χ2v) is 12.1. The number of piperidine rings is 1. The van der Waals surface area contributed by atoms with E-state index in [1.165, 1.54) is 34.8 Å². The minimum Gasteiger partial charge on any atom is -0.478 e. The van der Waals surface area contributed by atoms with Gasteiger partial charge in [0.15, 0.2) is 5.54 Å². The number of rotatable bonds is 7. The SMILES string of the molecule is CS(=O)(=O)N1CCN([C@@H]2CN[C@@](C(=O)Nc3ccc(C(=O)O)cc3)(C(=O)N3CCC(CN)CC3)C2)CC1. The molecule has 3 aliphatic heterocycles. The molecule has 3 fully saturated rings. The summed E-state index contributed by atoms with van der Waals surface area (Å²) < 4.78 is 25.2. The highest BCUT2D eigenvalue weighted by Gasteiger charge is 2.54. The lowest BCUT2D eigenvalue weighted by atomic mass is 9.89. The third-order valence-electron chi connectivity index (χ3n) is 7.82. The van der Waals surface area contributed by atoms with Crippen LogP contribution >= 0.6 is 0 Å². The van der Waals surface area contributed by atoms with Crippen molar-refractivity contribution in [3.05, 3.63) is 29.8 Å². The quantitative estimate of drug-likeness (QED) is 0.326. The molecular weight excluding hydrogens is 500 g/mol. The lowest BCUT2D eigenvalue weighted by Crippen LogP contribution is -2.63. The molecule has 37 heavy (non-hydrogen) atoms. The maximum Gasteiger partial charge on any atom is 0.335 e. The number of nitrogens with zero attached hydrogens (tertiary/aromatic N) is 3. The summed E-state index contributed by atoms with van der Waals surface area (Å²) in [5, 5.41) is 15.2. The number of nitrogens with two attached hydrogens (primary N) is 1. The lowest BCUT2D eigenvalue weighted by molar-refractivity contribution is -0.144. The van der Waals surface area contributed by atoms with Gasteiger partial charge in [0, 0.05) is 64.0 Å². The molecule has 1 aromatic rings. The average Bonchev–Trinajstić information content (AvgIpc) is 3.35. The van der Waals surface area contributed by atoms with Gasteiger partial charge in [-0.15, -0.1) is 0 Å². The topological polar surface area (TPSA) is 165 Å². The van der Waals surface area contributed by atoms with E-state index in [0.29, 0.717) is 64.0 Å². The summed E-state index contributed by atoms with van der Waals surface area (Å²) in [6.45, 7) is 3.81. The van der Waals surface area contributed by atoms with Gasteiger partial charge in [-0.05, 0) is 49.6 Å². The minimum absolute atomic E-state index is 0.0962. The predicted molar refractivity (Wildman–Crippen MR) is 138 cm³/mol. The molecular formula is C24H36N6O6S. The number of nitrogens with one attached hydrogen (secondary N) is 2. The van der Waals surface area contributed by atoms with Crippen molar-refractivity contribution >= 4 is 33.5 Å². The zero-order valence-corrected chi connectivity index (χ0v) is 21.9. The van der Waals surface area contributed by atoms with E-state index in [9.17, 15) is 22.8 Å². The van der Waals surface area contributed by atoms with Crippen molar-refractivity contribution in [2.75, 3.05) is 63.9 Å². The molecule has 2 amide bonds. The summed E-state index contributed by atoms with van der Waals surface area (Å²) in [4.78, 5) is 42.6. The fraction of sp³-hybridized carbons (Fsp3) is 0.625. The molecule has 0 aromatic heterocycles. The van der Waals surface area contributed by atoms with E-state index < -0.39 is 27.4 Å². The van der Waals surface area contributed by atoms with Gasteiger partial charge in [0.05, 0.1) is 11.8 Å². The standard InChI is InChI=1S/C24H36N6O6S/c1-37(35,36)30-12-10-28(11-13-30)20-14-24(26-16-20,23(34)29-8-6-17(15-25)7-9-29)22(33)27-19-4-2-18(3-5-19)21(31)32/h2-5,17,20,26H,6-16,25H2,1H3,(H,27,33)(H,31,32)/t20-,24-/m0/s1. The van der Waals surface area contributed by atoms with E-state index >= 15 is 0 Å². The normalized spacial score (nSPS) is 26.2. The van der Waals surface area contributed by atoms with Gasteiger partial charge >= 0.3 is 5.97 Å². The van der Waals surface area contributed by atoms with Crippen LogP contribution in [-0.2, 0) is 19.6 Å². The number of carbonyl (C=O) groups is 3. The van der Waals surface area contributed by atoms with Crippen LogP contribution in [0.2, 0.25) is 0 Å². The van der Waals surface area contributed by atoms with Crippen molar-refractivity contribution in [1.82, 2.24) is 19.4 Å². The Morgan fingerprint density at radius 2 is 1.70 bits per heavy atom. The lowest BCUT2D eigenvalue weighted by Gasteiger charge is -2.39. The molecule has 12 nitrogen and oxygen atoms in total. The van der Waals surface area contributed by atoms with Crippen molar-refractivity contribution in [2.24, 2.45) is 11.7 Å². The monoisotopic (exact) mass is 536 g/mol. The van der Waals surface area contributed by atoms with Gasteiger partial charge in [0.1, 0.15) is 0 Å². The summed E-state index contributed by atoms with van der Waals surface area (Å²) in [5.74, 6) is -1.47. The van der Waals surface area contributed by atoms with Gasteiger partial charge in [-0.3, -0.25) is 19.8 Å². The summed E-state index contributed by atoms with van der Waals surface area (Å²) in [5.41, 5.74) is 4.82. The number of aromatic carboxylic acids is 1. The Kier molecular flexibility index (Phi) is 8.19. The van der Waals surface area contributed by atoms with E-state index in [0.717, 1.165) is 12.8 Å². The molecule has 3 heterocycles. The molecule has 0 saturated carbocycles. The highest BCUT2D eigenvalue weighted by atomic mass is 32.2. The number of hydrogen-bond donors (Lipinski definition) is 4. The van der Waals surface area contributed by atoms with E-state index in [-0.39, 0.29) is 23.9 Å². The van der Waals surface area contributed by atoms with E-state index in [2.05, 4.69) is 15.5 Å². The number of sulfonamides is 1. The van der Waals surface area contributed by atoms with Crippen LogP contribution in [0.3, 0.4) is 0 Å². The van der Waals surface area contributed by atoms with Gasteiger partial charge < -0.3 is 21.1 Å². The van der Waals surface area contributed by atoms with Gasteiger partial charge in [0.2, 0.25) is 10.0 Å². The number of carboxylic acids is 1. The number of likely N-dealkylation sites (tertiary alicyclic amines) is 1. The Hall–Kier alpha value is -2.58. The summed E-state index contributed by atoms with van der Waals surface area (Å²) in [6, 6.07) is 5.69. The second kappa shape index (κ2) is 11.0. The highest BCUT2D eigenvalue weighted by molar-refractivity contribution is 7.88. The Morgan fingerprint density at radius 1 is 1.08 bits per heavy atom. The molecule has 0 spiro atoms. The van der Waals surface area contributed by atoms with Crippen LogP contribution in [0.4, 0.5) is 5.69 Å². The highest BCUT2D eigenvalue weighted by Crippen LogP contribution is 2.30. The van der Waals surface area contributed by atoms with Gasteiger partial charge in [-0.1, -0.05) is 0 Å². The average molecular weight is 537 g/mol. The minimum atomic E-state index is -3.27. The molecule has 4 rings (SSSR count). The molecule has 0 aliphatic carbocycles. The molecule has 204 valence electrons. The first-order valence-electron chi connectivity index (χ1n) is 12.6. The number of anilines is 1. The second-order valence-electron chi connectivity index (χ2n) is 10.2. The van der Waals surface area contributed by atoms with Gasteiger partial charge in [-0.2, -0.15) is 4.31 Å². The largest absolute Gasteiger partial charge is 0.478 e. The number of piperazine rings is 1. The smallest absolute Gasteiger partial charge is 0.335 e. The molecule has 0 radical (unpaired) electrons. The van der Waals surface area contributed by atoms with Crippen molar-refractivity contribution < 1.29 is 27.9 Å². The van der Waals surface area contributed by atoms with Crippen molar-refractivity contribution in [1.29, 1.82) is 0 Å². The number of hydrogen-bond acceptors (Lipinski definition) is 8. The number of carboxylic acid groups (broad SMARTS) is 1. The Morgan fingerprint density at radius 3 is 2.24 bits per heavy atom. The molecule has 0 bridgehead atoms. The molecule has 3 saturated heterocycles. The van der Waals surface area contributed by atoms with Crippen LogP contribution < -0.4 is 16.4 Å². The summed E-state index contributed by atoms with van der Waals surface area (Å²) >= 11 is 0. The van der Waals surface area contributed by atoms with Crippen LogP contribution in [0, 0.1) is 5.92 Å². The zero-order valence-electron chi connectivity index (χ0n) is 21.1. The van der Waals surface area contributed by atoms with E-state index in [4.69, 9.17) is 10.8 Å². The van der Waals surface area contributed by atoms with Crippen LogP contribution in [0.1, 0.15) is 29.6 Å². The zero-order chi connectivity index (χ0) is 26.8. The van der Waals surface area contributed by atoms with Crippen LogP contribution in [0.15, 0.2) is 24.3 Å². The van der Waals surface area contributed by atoms with Crippen LogP contribution in [0.5, 0.6) is 0 Å². The first-order valence-corrected chi connectivity index (χ1v) is 14.5. The first kappa shape index (κ1) is 27.5. The third kappa shape index (κ3) is 5.96. The Labute approximate surface area is 217 Å². The summed E-state index contributed by atoms with van der Waals surface area (Å²) in [7, 11) is -3.27. The molecule has 2 atom stereocenters. The molecule has 1 aromatic carbocycles. The maximum absolute atomic E-state index is 13.9. The predicted octanol–water partition coefficient (Wildman–Crippen LogP) is -0.801. The number of benzene rings is 1.